The molecule has 2 aromatic heterocycles. The van der Waals surface area contributed by atoms with E-state index >= 15 is 0 Å². The second-order valence-electron chi connectivity index (χ2n) is 6.33. The molecule has 0 fully saturated rings. The highest BCUT2D eigenvalue weighted by molar-refractivity contribution is 5.92. The topological polar surface area (TPSA) is 111 Å². The number of anilines is 2. The molecule has 2 heterocycles. The van der Waals surface area contributed by atoms with Gasteiger partial charge in [0.15, 0.2) is 5.82 Å². The van der Waals surface area contributed by atoms with Crippen LogP contribution >= 0.6 is 0 Å². The van der Waals surface area contributed by atoms with Crippen LogP contribution in [0.3, 0.4) is 0 Å². The van der Waals surface area contributed by atoms with Crippen LogP contribution in [0.4, 0.5) is 11.4 Å². The van der Waals surface area contributed by atoms with Gasteiger partial charge < -0.3 is 10.6 Å². The van der Waals surface area contributed by atoms with Crippen molar-refractivity contribution in [3.63, 3.8) is 0 Å². The van der Waals surface area contributed by atoms with Crippen molar-refractivity contribution < 1.29 is 9.59 Å². The normalized spacial score (nSPS) is 10.5. The van der Waals surface area contributed by atoms with E-state index < -0.39 is 5.91 Å². The minimum Gasteiger partial charge on any atom is -0.326 e. The van der Waals surface area contributed by atoms with Gasteiger partial charge in [0.05, 0.1) is 5.69 Å². The Kier molecular flexibility index (Phi) is 5.35. The van der Waals surface area contributed by atoms with Crippen LogP contribution in [0, 0.1) is 13.8 Å². The number of nitrogens with zero attached hydrogens (tertiary/aromatic N) is 4. The van der Waals surface area contributed by atoms with Crippen LogP contribution < -0.4 is 16.2 Å². The van der Waals surface area contributed by atoms with E-state index in [-0.39, 0.29) is 18.0 Å². The summed E-state index contributed by atoms with van der Waals surface area (Å²) >= 11 is 0. The van der Waals surface area contributed by atoms with Crippen LogP contribution in [-0.2, 0) is 16.1 Å². The number of benzene rings is 1. The molecule has 0 aliphatic rings. The minimum absolute atomic E-state index is 0.176. The Morgan fingerprint density at radius 1 is 0.964 bits per heavy atom. The molecule has 0 unspecified atom stereocenters. The number of hydrogen-bond donors (Lipinski definition) is 2. The minimum atomic E-state index is -0.396. The van der Waals surface area contributed by atoms with Crippen molar-refractivity contribution in [2.24, 2.45) is 0 Å². The van der Waals surface area contributed by atoms with E-state index in [4.69, 9.17) is 0 Å². The summed E-state index contributed by atoms with van der Waals surface area (Å²) in [5, 5.41) is 13.9. The van der Waals surface area contributed by atoms with Crippen molar-refractivity contribution in [3.8, 4) is 5.82 Å². The fourth-order valence-corrected chi connectivity index (χ4v) is 2.70. The first-order chi connectivity index (χ1) is 13.3. The lowest BCUT2D eigenvalue weighted by Crippen LogP contribution is -2.30. The average Bonchev–Trinajstić information content (AvgIpc) is 2.96. The molecule has 0 bridgehead atoms. The molecule has 2 amide bonds. The second-order valence-corrected chi connectivity index (χ2v) is 6.33. The standard InChI is InChI=1S/C19H20N6O3/c1-12-10-13(2)25(22-12)17-8-9-19(28)24(23-17)11-18(27)21-16-6-4-15(5-7-16)20-14(3)26/h4-10H,11H2,1-3H3,(H,20,26)(H,21,27). The quantitative estimate of drug-likeness (QED) is 0.699. The van der Waals surface area contributed by atoms with Gasteiger partial charge in [-0.1, -0.05) is 0 Å². The molecule has 0 saturated carbocycles. The van der Waals surface area contributed by atoms with E-state index in [0.29, 0.717) is 17.2 Å². The first-order valence-corrected chi connectivity index (χ1v) is 8.61. The van der Waals surface area contributed by atoms with E-state index in [2.05, 4.69) is 20.8 Å². The summed E-state index contributed by atoms with van der Waals surface area (Å²) < 4.78 is 2.71. The lowest BCUT2D eigenvalue weighted by atomic mass is 10.2. The number of carbonyl (C=O) groups is 2. The predicted molar refractivity (Wildman–Crippen MR) is 104 cm³/mol. The number of carbonyl (C=O) groups excluding carboxylic acids is 2. The molecule has 2 N–H and O–H groups in total. The summed E-state index contributed by atoms with van der Waals surface area (Å²) in [5.74, 6) is -0.116. The lowest BCUT2D eigenvalue weighted by Gasteiger charge is -2.09. The van der Waals surface area contributed by atoms with Crippen LogP contribution in [0.1, 0.15) is 18.3 Å². The third-order valence-corrected chi connectivity index (χ3v) is 3.86. The third-order valence-electron chi connectivity index (χ3n) is 3.86. The highest BCUT2D eigenvalue weighted by Crippen LogP contribution is 2.13. The highest BCUT2D eigenvalue weighted by atomic mass is 16.2. The van der Waals surface area contributed by atoms with Gasteiger partial charge in [-0.2, -0.15) is 5.10 Å². The van der Waals surface area contributed by atoms with Gasteiger partial charge in [0.2, 0.25) is 11.8 Å². The fourth-order valence-electron chi connectivity index (χ4n) is 2.70. The maximum Gasteiger partial charge on any atom is 0.267 e. The molecule has 144 valence electrons. The summed E-state index contributed by atoms with van der Waals surface area (Å²) in [6.45, 7) is 4.93. The molecule has 9 nitrogen and oxygen atoms in total. The number of amides is 2. The monoisotopic (exact) mass is 380 g/mol. The number of aryl methyl sites for hydroxylation is 2. The Labute approximate surface area is 161 Å². The Morgan fingerprint density at radius 2 is 1.61 bits per heavy atom. The number of rotatable bonds is 5. The summed E-state index contributed by atoms with van der Waals surface area (Å²) in [6, 6.07) is 11.5. The molecule has 3 aromatic rings. The molecule has 0 aliphatic carbocycles. The van der Waals surface area contributed by atoms with E-state index in [1.807, 2.05) is 19.9 Å². The van der Waals surface area contributed by atoms with Crippen LogP contribution in [0.2, 0.25) is 0 Å². The largest absolute Gasteiger partial charge is 0.326 e. The van der Waals surface area contributed by atoms with E-state index in [1.54, 1.807) is 35.0 Å². The third kappa shape index (κ3) is 4.50. The molecule has 0 spiro atoms. The molecule has 28 heavy (non-hydrogen) atoms. The fraction of sp³-hybridized carbons (Fsp3) is 0.211. The Balaban J connectivity index is 1.73. The van der Waals surface area contributed by atoms with Gasteiger partial charge in [0.25, 0.3) is 5.56 Å². The van der Waals surface area contributed by atoms with Crippen LogP contribution in [0.15, 0.2) is 47.3 Å². The molecular formula is C19H20N6O3. The number of nitrogens with one attached hydrogen (secondary N) is 2. The summed E-state index contributed by atoms with van der Waals surface area (Å²) in [5.41, 5.74) is 2.49. The number of aromatic nitrogens is 4. The van der Waals surface area contributed by atoms with E-state index in [1.165, 1.54) is 13.0 Å². The van der Waals surface area contributed by atoms with Gasteiger partial charge >= 0.3 is 0 Å². The van der Waals surface area contributed by atoms with Gasteiger partial charge in [-0.25, -0.2) is 9.36 Å². The SMILES string of the molecule is CC(=O)Nc1ccc(NC(=O)Cn2nc(-n3nc(C)cc3C)ccc2=O)cc1. The zero-order valence-electron chi connectivity index (χ0n) is 15.8. The molecule has 9 heteroatoms. The molecule has 3 rings (SSSR count). The Hall–Kier alpha value is -3.75. The first-order valence-electron chi connectivity index (χ1n) is 8.61. The van der Waals surface area contributed by atoms with Gasteiger partial charge in [-0.15, -0.1) is 5.10 Å². The predicted octanol–water partition coefficient (Wildman–Crippen LogP) is 1.64. The highest BCUT2D eigenvalue weighted by Gasteiger charge is 2.10. The zero-order chi connectivity index (χ0) is 20.3. The zero-order valence-corrected chi connectivity index (χ0v) is 15.8. The first kappa shape index (κ1) is 19.0. The van der Waals surface area contributed by atoms with E-state index in [9.17, 15) is 14.4 Å². The van der Waals surface area contributed by atoms with Gasteiger partial charge in [0.1, 0.15) is 6.54 Å². The van der Waals surface area contributed by atoms with Gasteiger partial charge in [0, 0.05) is 30.1 Å². The molecule has 0 atom stereocenters. The van der Waals surface area contributed by atoms with Crippen molar-refractivity contribution in [1.82, 2.24) is 19.6 Å². The molecule has 1 aromatic carbocycles. The van der Waals surface area contributed by atoms with Gasteiger partial charge in [-0.3, -0.25) is 14.4 Å². The Morgan fingerprint density at radius 3 is 2.18 bits per heavy atom. The van der Waals surface area contributed by atoms with Crippen molar-refractivity contribution in [2.45, 2.75) is 27.3 Å². The summed E-state index contributed by atoms with van der Waals surface area (Å²) in [6.07, 6.45) is 0. The van der Waals surface area contributed by atoms with Crippen molar-refractivity contribution >= 4 is 23.2 Å². The summed E-state index contributed by atoms with van der Waals surface area (Å²) in [7, 11) is 0. The van der Waals surface area contributed by atoms with Crippen molar-refractivity contribution in [2.75, 3.05) is 10.6 Å². The van der Waals surface area contributed by atoms with Crippen LogP contribution in [0.5, 0.6) is 0 Å². The molecule has 0 aliphatic heterocycles. The lowest BCUT2D eigenvalue weighted by molar-refractivity contribution is -0.117. The Bertz CT molecular complexity index is 1080. The van der Waals surface area contributed by atoms with Crippen molar-refractivity contribution in [1.29, 1.82) is 0 Å². The second kappa shape index (κ2) is 7.87. The van der Waals surface area contributed by atoms with Crippen LogP contribution in [-0.4, -0.2) is 31.4 Å². The smallest absolute Gasteiger partial charge is 0.267 e. The molecule has 0 saturated heterocycles. The van der Waals surface area contributed by atoms with E-state index in [0.717, 1.165) is 16.1 Å². The number of hydrogen-bond acceptors (Lipinski definition) is 5. The average molecular weight is 380 g/mol. The molecular weight excluding hydrogens is 360 g/mol. The maximum atomic E-state index is 12.3. The molecule has 0 radical (unpaired) electrons. The maximum absolute atomic E-state index is 12.3. The van der Waals surface area contributed by atoms with Crippen molar-refractivity contribution in [3.05, 3.63) is 64.2 Å². The van der Waals surface area contributed by atoms with Gasteiger partial charge in [-0.05, 0) is 50.2 Å². The summed E-state index contributed by atoms with van der Waals surface area (Å²) in [4.78, 5) is 35.4. The van der Waals surface area contributed by atoms with Crippen LogP contribution in [0.25, 0.3) is 5.82 Å².